The summed E-state index contributed by atoms with van der Waals surface area (Å²) in [5.41, 5.74) is 2.61. The van der Waals surface area contributed by atoms with Gasteiger partial charge in [-0.2, -0.15) is 11.8 Å². The number of methoxy groups -OCH3 is 1. The molecule has 0 unspecified atom stereocenters. The molecular formula is C24H27Cl2NO5S. The largest absolute Gasteiger partial charge is 0.468 e. The molecule has 0 amide bonds. The van der Waals surface area contributed by atoms with Gasteiger partial charge in [-0.15, -0.1) is 0 Å². The molecule has 0 saturated heterocycles. The Balaban J connectivity index is 2.10. The van der Waals surface area contributed by atoms with Gasteiger partial charge in [0.1, 0.15) is 12.5 Å². The van der Waals surface area contributed by atoms with E-state index in [0.29, 0.717) is 50.3 Å². The second kappa shape index (κ2) is 11.0. The predicted octanol–water partition coefficient (Wildman–Crippen LogP) is 4.90. The number of esters is 2. The van der Waals surface area contributed by atoms with E-state index in [9.17, 15) is 14.4 Å². The Hall–Kier alpha value is -1.96. The molecule has 3 rings (SSSR count). The van der Waals surface area contributed by atoms with Crippen LogP contribution in [0.3, 0.4) is 0 Å². The van der Waals surface area contributed by atoms with Gasteiger partial charge in [0.05, 0.1) is 22.7 Å². The molecule has 0 spiro atoms. The summed E-state index contributed by atoms with van der Waals surface area (Å²) in [6.07, 6.45) is 0.464. The van der Waals surface area contributed by atoms with Gasteiger partial charge in [0, 0.05) is 28.6 Å². The fourth-order valence-corrected chi connectivity index (χ4v) is 5.19. The lowest BCUT2D eigenvalue weighted by molar-refractivity contribution is -0.151. The molecule has 2 aliphatic rings. The van der Waals surface area contributed by atoms with Crippen molar-refractivity contribution in [1.82, 2.24) is 5.32 Å². The van der Waals surface area contributed by atoms with Crippen LogP contribution in [0.15, 0.2) is 40.7 Å². The highest BCUT2D eigenvalue weighted by molar-refractivity contribution is 7.99. The molecule has 1 aliphatic heterocycles. The number of carbonyl (C=O) groups is 3. The van der Waals surface area contributed by atoms with Crippen molar-refractivity contribution in [2.24, 2.45) is 11.8 Å². The third kappa shape index (κ3) is 5.26. The van der Waals surface area contributed by atoms with Crippen LogP contribution in [0.25, 0.3) is 0 Å². The van der Waals surface area contributed by atoms with Crippen molar-refractivity contribution < 1.29 is 23.9 Å². The molecule has 6 nitrogen and oxygen atoms in total. The average molecular weight is 512 g/mol. The number of allylic oxidation sites excluding steroid dienone is 3. The maximum absolute atomic E-state index is 13.6. The molecule has 0 fully saturated rings. The highest BCUT2D eigenvalue weighted by Gasteiger charge is 2.47. The van der Waals surface area contributed by atoms with Crippen LogP contribution < -0.4 is 5.32 Å². The quantitative estimate of drug-likeness (QED) is 0.316. The van der Waals surface area contributed by atoms with Gasteiger partial charge in [-0.1, -0.05) is 43.1 Å². The van der Waals surface area contributed by atoms with E-state index in [1.54, 1.807) is 36.9 Å². The van der Waals surface area contributed by atoms with E-state index in [1.165, 1.54) is 7.11 Å². The number of benzene rings is 1. The van der Waals surface area contributed by atoms with Crippen LogP contribution >= 0.6 is 35.0 Å². The number of ether oxygens (including phenoxy) is 2. The summed E-state index contributed by atoms with van der Waals surface area (Å²) in [6.45, 7) is 5.91. The predicted molar refractivity (Wildman–Crippen MR) is 130 cm³/mol. The second-order valence-corrected chi connectivity index (χ2v) is 10.3. The SMILES string of the molecule is CCSCCOC(=O)C1=C(C)NC2=C(C(=O)[C@@H](C(=O)OC)[C@@H](C)C2)[C@@H]1c1ccc(Cl)c(Cl)c1. The molecule has 1 N–H and O–H groups in total. The zero-order chi connectivity index (χ0) is 24.3. The molecule has 1 aromatic carbocycles. The summed E-state index contributed by atoms with van der Waals surface area (Å²) >= 11 is 14.1. The van der Waals surface area contributed by atoms with Gasteiger partial charge in [-0.05, 0) is 42.7 Å². The topological polar surface area (TPSA) is 81.7 Å². The Kier molecular flexibility index (Phi) is 8.54. The first kappa shape index (κ1) is 25.7. The van der Waals surface area contributed by atoms with Crippen molar-refractivity contribution in [3.05, 3.63) is 56.3 Å². The number of hydrogen-bond acceptors (Lipinski definition) is 7. The minimum absolute atomic E-state index is 0.252. The van der Waals surface area contributed by atoms with Crippen molar-refractivity contribution in [3.8, 4) is 0 Å². The Bertz CT molecular complexity index is 1040. The Labute approximate surface area is 208 Å². The van der Waals surface area contributed by atoms with Gasteiger partial charge in [0.15, 0.2) is 5.78 Å². The molecule has 1 aliphatic carbocycles. The maximum atomic E-state index is 13.6. The first-order chi connectivity index (χ1) is 15.7. The fourth-order valence-electron chi connectivity index (χ4n) is 4.39. The van der Waals surface area contributed by atoms with Crippen LogP contribution in [-0.4, -0.2) is 42.9 Å². The molecule has 1 aromatic rings. The van der Waals surface area contributed by atoms with Crippen molar-refractivity contribution in [1.29, 1.82) is 0 Å². The highest BCUT2D eigenvalue weighted by atomic mass is 35.5. The number of Topliss-reactive ketones (excluding diaryl/α,β-unsaturated/α-hetero) is 1. The smallest absolute Gasteiger partial charge is 0.336 e. The number of halogens is 2. The minimum Gasteiger partial charge on any atom is -0.468 e. The van der Waals surface area contributed by atoms with E-state index in [4.69, 9.17) is 32.7 Å². The van der Waals surface area contributed by atoms with Crippen LogP contribution in [0.4, 0.5) is 0 Å². The normalized spacial score (nSPS) is 22.6. The summed E-state index contributed by atoms with van der Waals surface area (Å²) in [4.78, 5) is 39.3. The van der Waals surface area contributed by atoms with E-state index in [0.717, 1.165) is 5.75 Å². The van der Waals surface area contributed by atoms with Crippen molar-refractivity contribution in [2.75, 3.05) is 25.2 Å². The summed E-state index contributed by atoms with van der Waals surface area (Å²) in [7, 11) is 1.27. The Morgan fingerprint density at radius 1 is 1.24 bits per heavy atom. The number of carbonyl (C=O) groups excluding carboxylic acids is 3. The lowest BCUT2D eigenvalue weighted by Gasteiger charge is -2.38. The number of ketones is 1. The molecule has 9 heteroatoms. The van der Waals surface area contributed by atoms with Crippen molar-refractivity contribution in [3.63, 3.8) is 0 Å². The number of nitrogens with one attached hydrogen (secondary N) is 1. The van der Waals surface area contributed by atoms with Crippen LogP contribution in [-0.2, 0) is 23.9 Å². The van der Waals surface area contributed by atoms with Gasteiger partial charge in [0.25, 0.3) is 0 Å². The summed E-state index contributed by atoms with van der Waals surface area (Å²) in [5, 5.41) is 3.90. The van der Waals surface area contributed by atoms with Crippen molar-refractivity contribution in [2.45, 2.75) is 33.1 Å². The molecule has 178 valence electrons. The van der Waals surface area contributed by atoms with Gasteiger partial charge < -0.3 is 14.8 Å². The monoisotopic (exact) mass is 511 g/mol. The number of hydrogen-bond donors (Lipinski definition) is 1. The highest BCUT2D eigenvalue weighted by Crippen LogP contribution is 2.46. The minimum atomic E-state index is -0.947. The number of rotatable bonds is 7. The first-order valence-electron chi connectivity index (χ1n) is 10.7. The zero-order valence-electron chi connectivity index (χ0n) is 19.0. The first-order valence-corrected chi connectivity index (χ1v) is 12.6. The van der Waals surface area contributed by atoms with Gasteiger partial charge in [-0.25, -0.2) is 4.79 Å². The number of thioether (sulfide) groups is 1. The van der Waals surface area contributed by atoms with Gasteiger partial charge in [-0.3, -0.25) is 9.59 Å². The zero-order valence-corrected chi connectivity index (χ0v) is 21.3. The van der Waals surface area contributed by atoms with E-state index in [2.05, 4.69) is 5.32 Å². The standard InChI is InChI=1S/C24H27Cl2NO5S/c1-5-33-9-8-32-24(30)19-13(3)27-17-10-12(2)18(23(29)31-4)22(28)21(17)20(19)14-6-7-15(25)16(26)11-14/h6-7,11-12,18,20,27H,5,8-10H2,1-4H3/t12-,18-,20+/m0/s1. The van der Waals surface area contributed by atoms with E-state index >= 15 is 0 Å². The summed E-state index contributed by atoms with van der Waals surface area (Å²) in [5.74, 6) is -1.80. The van der Waals surface area contributed by atoms with Crippen LogP contribution in [0.2, 0.25) is 10.0 Å². The molecule has 0 aromatic heterocycles. The molecular weight excluding hydrogens is 485 g/mol. The molecule has 1 heterocycles. The second-order valence-electron chi connectivity index (χ2n) is 8.04. The fraction of sp³-hybridized carbons (Fsp3) is 0.458. The molecule has 0 saturated carbocycles. The molecule has 33 heavy (non-hydrogen) atoms. The third-order valence-corrected chi connectivity index (χ3v) is 7.51. The maximum Gasteiger partial charge on any atom is 0.336 e. The average Bonchev–Trinajstić information content (AvgIpc) is 2.77. The number of dihydropyridines is 1. The summed E-state index contributed by atoms with van der Waals surface area (Å²) in [6, 6.07) is 5.02. The van der Waals surface area contributed by atoms with E-state index in [1.807, 2.05) is 13.8 Å². The molecule has 3 atom stereocenters. The lowest BCUT2D eigenvalue weighted by Crippen LogP contribution is -2.43. The third-order valence-electron chi connectivity index (χ3n) is 5.90. The van der Waals surface area contributed by atoms with Gasteiger partial charge >= 0.3 is 11.9 Å². The Morgan fingerprint density at radius 2 is 1.97 bits per heavy atom. The summed E-state index contributed by atoms with van der Waals surface area (Å²) < 4.78 is 10.5. The molecule has 0 radical (unpaired) electrons. The van der Waals surface area contributed by atoms with Crippen LogP contribution in [0.1, 0.15) is 38.7 Å². The van der Waals surface area contributed by atoms with Gasteiger partial charge in [0.2, 0.25) is 0 Å². The van der Waals surface area contributed by atoms with E-state index < -0.39 is 23.8 Å². The van der Waals surface area contributed by atoms with E-state index in [-0.39, 0.29) is 18.3 Å². The van der Waals surface area contributed by atoms with Crippen LogP contribution in [0, 0.1) is 11.8 Å². The van der Waals surface area contributed by atoms with Crippen molar-refractivity contribution >= 4 is 52.7 Å². The van der Waals surface area contributed by atoms with Crippen LogP contribution in [0.5, 0.6) is 0 Å². The molecule has 0 bridgehead atoms. The lowest BCUT2D eigenvalue weighted by atomic mass is 9.69. The Morgan fingerprint density at radius 3 is 2.61 bits per heavy atom.